The largest absolute Gasteiger partial charge is 0.467 e. The Morgan fingerprint density at radius 3 is 2.33 bits per heavy atom. The van der Waals surface area contributed by atoms with Gasteiger partial charge in [0.25, 0.3) is 6.43 Å². The Morgan fingerprint density at radius 1 is 1.28 bits per heavy atom. The quantitative estimate of drug-likeness (QED) is 0.526. The van der Waals surface area contributed by atoms with Gasteiger partial charge in [0.05, 0.1) is 13.7 Å². The van der Waals surface area contributed by atoms with Crippen molar-refractivity contribution in [3.63, 3.8) is 0 Å². The summed E-state index contributed by atoms with van der Waals surface area (Å²) in [6.45, 7) is 2.71. The van der Waals surface area contributed by atoms with E-state index in [1.807, 2.05) is 0 Å². The molecule has 0 aliphatic carbocycles. The molecule has 106 valence electrons. The summed E-state index contributed by atoms with van der Waals surface area (Å²) in [6.07, 6.45) is -2.63. The highest BCUT2D eigenvalue weighted by Crippen LogP contribution is 2.04. The smallest absolute Gasteiger partial charge is 0.328 e. The molecular formula is C11H19F2NO4. The Morgan fingerprint density at radius 2 is 1.89 bits per heavy atom. The fourth-order valence-electron chi connectivity index (χ4n) is 1.21. The molecule has 0 saturated heterocycles. The van der Waals surface area contributed by atoms with E-state index in [9.17, 15) is 18.4 Å². The number of halogens is 2. The molecule has 0 heterocycles. The molecule has 0 rings (SSSR count). The van der Waals surface area contributed by atoms with Crippen molar-refractivity contribution in [2.24, 2.45) is 5.92 Å². The summed E-state index contributed by atoms with van der Waals surface area (Å²) in [5.41, 5.74) is 0. The number of ether oxygens (including phenoxy) is 2. The molecule has 1 N–H and O–H groups in total. The third-order valence-corrected chi connectivity index (χ3v) is 2.16. The molecule has 1 atom stereocenters. The van der Waals surface area contributed by atoms with Gasteiger partial charge in [-0.1, -0.05) is 13.8 Å². The maximum absolute atomic E-state index is 11.7. The van der Waals surface area contributed by atoms with Crippen LogP contribution < -0.4 is 5.32 Å². The third kappa shape index (κ3) is 7.16. The minimum atomic E-state index is -2.55. The van der Waals surface area contributed by atoms with Gasteiger partial charge < -0.3 is 14.8 Å². The molecule has 0 aromatic carbocycles. The average Bonchev–Trinajstić information content (AvgIpc) is 2.30. The van der Waals surface area contributed by atoms with E-state index < -0.39 is 31.0 Å². The number of esters is 1. The second-order valence-electron chi connectivity index (χ2n) is 4.03. The maximum atomic E-state index is 11.7. The van der Waals surface area contributed by atoms with E-state index in [-0.39, 0.29) is 18.9 Å². The number of carbonyl (C=O) groups excluding carboxylic acids is 2. The molecule has 0 bridgehead atoms. The number of nitrogens with one attached hydrogen (secondary N) is 1. The monoisotopic (exact) mass is 267 g/mol. The van der Waals surface area contributed by atoms with Crippen LogP contribution in [-0.4, -0.2) is 44.7 Å². The number of rotatable bonds is 8. The lowest BCUT2D eigenvalue weighted by molar-refractivity contribution is -0.146. The van der Waals surface area contributed by atoms with Crippen LogP contribution >= 0.6 is 0 Å². The van der Waals surface area contributed by atoms with Gasteiger partial charge in [-0.3, -0.25) is 4.79 Å². The van der Waals surface area contributed by atoms with Crippen LogP contribution in [0.2, 0.25) is 0 Å². The summed E-state index contributed by atoms with van der Waals surface area (Å²) in [7, 11) is 1.23. The van der Waals surface area contributed by atoms with E-state index in [1.165, 1.54) is 7.11 Å². The first kappa shape index (κ1) is 16.8. The Balaban J connectivity index is 4.00. The van der Waals surface area contributed by atoms with E-state index in [4.69, 9.17) is 0 Å². The molecule has 1 amide bonds. The summed E-state index contributed by atoms with van der Waals surface area (Å²) in [6, 6.07) is -0.738. The van der Waals surface area contributed by atoms with Gasteiger partial charge in [0, 0.05) is 6.42 Å². The summed E-state index contributed by atoms with van der Waals surface area (Å²) < 4.78 is 32.6. The van der Waals surface area contributed by atoms with Gasteiger partial charge in [-0.05, 0) is 5.92 Å². The molecule has 0 fully saturated rings. The molecule has 0 aromatic rings. The van der Waals surface area contributed by atoms with E-state index in [0.29, 0.717) is 0 Å². The first-order valence-corrected chi connectivity index (χ1v) is 5.61. The van der Waals surface area contributed by atoms with Gasteiger partial charge in [0.1, 0.15) is 12.6 Å². The maximum Gasteiger partial charge on any atom is 0.328 e. The van der Waals surface area contributed by atoms with Crippen LogP contribution in [0.1, 0.15) is 20.3 Å². The fourth-order valence-corrected chi connectivity index (χ4v) is 1.21. The highest BCUT2D eigenvalue weighted by molar-refractivity contribution is 5.84. The van der Waals surface area contributed by atoms with Crippen LogP contribution in [0.4, 0.5) is 8.78 Å². The van der Waals surface area contributed by atoms with Crippen molar-refractivity contribution in [1.29, 1.82) is 0 Å². The molecule has 0 radical (unpaired) electrons. The molecule has 5 nitrogen and oxygen atoms in total. The summed E-state index contributed by atoms with van der Waals surface area (Å²) >= 11 is 0. The lowest BCUT2D eigenvalue weighted by Crippen LogP contribution is -2.45. The van der Waals surface area contributed by atoms with Crippen molar-refractivity contribution in [2.75, 3.05) is 20.3 Å². The number of carbonyl (C=O) groups is 2. The summed E-state index contributed by atoms with van der Waals surface area (Å²) in [5, 5.41) is 2.47. The predicted octanol–water partition coefficient (Wildman–Crippen LogP) is 0.972. The second kappa shape index (κ2) is 8.79. The molecule has 0 aromatic heterocycles. The molecule has 0 aliphatic heterocycles. The first-order chi connectivity index (χ1) is 8.38. The number of hydrogen-bond acceptors (Lipinski definition) is 4. The van der Waals surface area contributed by atoms with Crippen molar-refractivity contribution < 1.29 is 27.8 Å². The van der Waals surface area contributed by atoms with E-state index in [1.54, 1.807) is 13.8 Å². The van der Waals surface area contributed by atoms with Crippen molar-refractivity contribution in [2.45, 2.75) is 32.7 Å². The molecule has 1 unspecified atom stereocenters. The number of amides is 1. The first-order valence-electron chi connectivity index (χ1n) is 5.61. The molecule has 0 aliphatic rings. The van der Waals surface area contributed by atoms with Crippen LogP contribution in [0.3, 0.4) is 0 Å². The topological polar surface area (TPSA) is 64.6 Å². The van der Waals surface area contributed by atoms with Crippen LogP contribution in [0, 0.1) is 5.92 Å². The number of alkyl halides is 2. The zero-order valence-corrected chi connectivity index (χ0v) is 10.7. The normalized spacial score (nSPS) is 12.6. The number of hydrogen-bond donors (Lipinski definition) is 1. The fraction of sp³-hybridized carbons (Fsp3) is 0.818. The van der Waals surface area contributed by atoms with Crippen molar-refractivity contribution in [1.82, 2.24) is 5.32 Å². The third-order valence-electron chi connectivity index (χ3n) is 2.16. The summed E-state index contributed by atoms with van der Waals surface area (Å²) in [4.78, 5) is 22.8. The summed E-state index contributed by atoms with van der Waals surface area (Å²) in [5.74, 6) is -1.09. The van der Waals surface area contributed by atoms with Crippen LogP contribution in [0.5, 0.6) is 0 Å². The van der Waals surface area contributed by atoms with E-state index in [0.717, 1.165) is 0 Å². The van der Waals surface area contributed by atoms with Gasteiger partial charge in [-0.2, -0.15) is 0 Å². The van der Waals surface area contributed by atoms with Gasteiger partial charge in [-0.25, -0.2) is 13.6 Å². The predicted molar refractivity (Wildman–Crippen MR) is 60.2 cm³/mol. The minimum Gasteiger partial charge on any atom is -0.467 e. The van der Waals surface area contributed by atoms with Crippen LogP contribution in [0.25, 0.3) is 0 Å². The Bertz CT molecular complexity index is 272. The zero-order valence-electron chi connectivity index (χ0n) is 10.7. The van der Waals surface area contributed by atoms with Crippen LogP contribution in [-0.2, 0) is 19.1 Å². The molecule has 0 spiro atoms. The molecule has 0 saturated carbocycles. The van der Waals surface area contributed by atoms with Gasteiger partial charge in [0.15, 0.2) is 0 Å². The minimum absolute atomic E-state index is 0.0765. The average molecular weight is 267 g/mol. The Kier molecular flexibility index (Phi) is 8.19. The van der Waals surface area contributed by atoms with Crippen molar-refractivity contribution in [3.05, 3.63) is 0 Å². The Labute approximate surface area is 105 Å². The lowest BCUT2D eigenvalue weighted by atomic mass is 10.0. The molecule has 18 heavy (non-hydrogen) atoms. The SMILES string of the molecule is COC(=O)C(NC(=O)CCOCC(F)F)C(C)C. The van der Waals surface area contributed by atoms with Gasteiger partial charge in [-0.15, -0.1) is 0 Å². The van der Waals surface area contributed by atoms with Gasteiger partial charge in [0.2, 0.25) is 5.91 Å². The van der Waals surface area contributed by atoms with Gasteiger partial charge >= 0.3 is 5.97 Å². The lowest BCUT2D eigenvalue weighted by Gasteiger charge is -2.19. The van der Waals surface area contributed by atoms with E-state index >= 15 is 0 Å². The van der Waals surface area contributed by atoms with Crippen molar-refractivity contribution >= 4 is 11.9 Å². The van der Waals surface area contributed by atoms with Crippen LogP contribution in [0.15, 0.2) is 0 Å². The highest BCUT2D eigenvalue weighted by atomic mass is 19.3. The molecular weight excluding hydrogens is 248 g/mol. The molecule has 7 heteroatoms. The highest BCUT2D eigenvalue weighted by Gasteiger charge is 2.24. The Hall–Kier alpha value is -1.24. The number of methoxy groups -OCH3 is 1. The standard InChI is InChI=1S/C11H19F2NO4/c1-7(2)10(11(16)17-3)14-9(15)4-5-18-6-8(12)13/h7-8,10H,4-6H2,1-3H3,(H,14,15). The van der Waals surface area contributed by atoms with Crippen molar-refractivity contribution in [3.8, 4) is 0 Å². The zero-order chi connectivity index (χ0) is 14.1. The second-order valence-corrected chi connectivity index (χ2v) is 4.03. The van der Waals surface area contributed by atoms with E-state index in [2.05, 4.69) is 14.8 Å².